The lowest BCUT2D eigenvalue weighted by Crippen LogP contribution is -2.49. The monoisotopic (exact) mass is 232 g/mol. The van der Waals surface area contributed by atoms with E-state index < -0.39 is 0 Å². The van der Waals surface area contributed by atoms with Gasteiger partial charge in [-0.3, -0.25) is 0 Å². The molecular formula is C15H24N2. The van der Waals surface area contributed by atoms with Gasteiger partial charge in [0.05, 0.1) is 0 Å². The molecule has 3 N–H and O–H groups in total. The Morgan fingerprint density at radius 2 is 1.88 bits per heavy atom. The summed E-state index contributed by atoms with van der Waals surface area (Å²) in [6, 6.07) is 10.6. The molecule has 0 aliphatic heterocycles. The lowest BCUT2D eigenvalue weighted by atomic mass is 9.87. The van der Waals surface area contributed by atoms with Crippen LogP contribution in [0.5, 0.6) is 0 Å². The van der Waals surface area contributed by atoms with Gasteiger partial charge in [0.15, 0.2) is 0 Å². The van der Waals surface area contributed by atoms with E-state index in [1.54, 1.807) is 0 Å². The quantitative estimate of drug-likeness (QED) is 0.837. The smallest absolute Gasteiger partial charge is 0.0312 e. The topological polar surface area (TPSA) is 38.0 Å². The Morgan fingerprint density at radius 3 is 2.41 bits per heavy atom. The minimum Gasteiger partial charge on any atom is -0.329 e. The summed E-state index contributed by atoms with van der Waals surface area (Å²) in [5.74, 6) is 0. The van der Waals surface area contributed by atoms with E-state index >= 15 is 0 Å². The molecule has 1 aromatic rings. The maximum Gasteiger partial charge on any atom is 0.0312 e. The van der Waals surface area contributed by atoms with Crippen molar-refractivity contribution in [3.05, 3.63) is 35.9 Å². The second kappa shape index (κ2) is 4.79. The van der Waals surface area contributed by atoms with Crippen LogP contribution in [0.4, 0.5) is 0 Å². The van der Waals surface area contributed by atoms with Crippen molar-refractivity contribution in [2.75, 3.05) is 6.54 Å². The van der Waals surface area contributed by atoms with Crippen LogP contribution >= 0.6 is 0 Å². The van der Waals surface area contributed by atoms with Crippen molar-refractivity contribution in [2.45, 2.75) is 45.2 Å². The molecular weight excluding hydrogens is 208 g/mol. The van der Waals surface area contributed by atoms with Gasteiger partial charge in [0.25, 0.3) is 0 Å². The van der Waals surface area contributed by atoms with Gasteiger partial charge in [-0.2, -0.15) is 0 Å². The molecule has 2 nitrogen and oxygen atoms in total. The number of benzene rings is 1. The zero-order valence-corrected chi connectivity index (χ0v) is 11.0. The van der Waals surface area contributed by atoms with Gasteiger partial charge in [-0.25, -0.2) is 0 Å². The van der Waals surface area contributed by atoms with Crippen LogP contribution in [-0.2, 0) is 6.54 Å². The van der Waals surface area contributed by atoms with Gasteiger partial charge in [-0.05, 0) is 30.2 Å². The molecule has 1 aliphatic carbocycles. The van der Waals surface area contributed by atoms with Crippen molar-refractivity contribution >= 4 is 0 Å². The average molecular weight is 232 g/mol. The third-order valence-corrected chi connectivity index (χ3v) is 4.00. The molecule has 0 saturated heterocycles. The first-order chi connectivity index (χ1) is 8.05. The number of nitrogens with one attached hydrogen (secondary N) is 1. The Labute approximate surface area is 105 Å². The van der Waals surface area contributed by atoms with E-state index in [-0.39, 0.29) is 5.54 Å². The van der Waals surface area contributed by atoms with Crippen LogP contribution < -0.4 is 11.1 Å². The van der Waals surface area contributed by atoms with E-state index in [1.165, 1.54) is 24.8 Å². The standard InChI is InChI=1S/C15H24N2/c1-14(2)8-9-15(11-14,12-16)17-10-13-6-4-3-5-7-13/h3-7,17H,8-12,16H2,1-2H3. The third kappa shape index (κ3) is 3.08. The summed E-state index contributed by atoms with van der Waals surface area (Å²) >= 11 is 0. The van der Waals surface area contributed by atoms with Gasteiger partial charge in [0.2, 0.25) is 0 Å². The molecule has 0 aromatic heterocycles. The van der Waals surface area contributed by atoms with Crippen LogP contribution in [0.15, 0.2) is 30.3 Å². The Balaban J connectivity index is 1.97. The number of hydrogen-bond donors (Lipinski definition) is 2. The zero-order chi connectivity index (χ0) is 12.4. The van der Waals surface area contributed by atoms with Crippen LogP contribution in [0.3, 0.4) is 0 Å². The molecule has 0 radical (unpaired) electrons. The van der Waals surface area contributed by atoms with Gasteiger partial charge < -0.3 is 11.1 Å². The zero-order valence-electron chi connectivity index (χ0n) is 11.0. The Bertz CT molecular complexity index is 358. The average Bonchev–Trinajstić information content (AvgIpc) is 2.65. The Kier molecular flexibility index (Phi) is 3.55. The molecule has 1 saturated carbocycles. The van der Waals surface area contributed by atoms with Crippen LogP contribution in [0.1, 0.15) is 38.7 Å². The lowest BCUT2D eigenvalue weighted by molar-refractivity contribution is 0.289. The van der Waals surface area contributed by atoms with Crippen molar-refractivity contribution < 1.29 is 0 Å². The summed E-state index contributed by atoms with van der Waals surface area (Å²) in [4.78, 5) is 0. The van der Waals surface area contributed by atoms with Crippen LogP contribution in [-0.4, -0.2) is 12.1 Å². The number of hydrogen-bond acceptors (Lipinski definition) is 2. The van der Waals surface area contributed by atoms with Crippen LogP contribution in [0.2, 0.25) is 0 Å². The second-order valence-electron chi connectivity index (χ2n) is 6.16. The molecule has 1 fully saturated rings. The molecule has 1 aliphatic rings. The van der Waals surface area contributed by atoms with E-state index in [1.807, 2.05) is 0 Å². The molecule has 1 unspecified atom stereocenters. The largest absolute Gasteiger partial charge is 0.329 e. The fourth-order valence-corrected chi connectivity index (χ4v) is 2.95. The summed E-state index contributed by atoms with van der Waals surface area (Å²) in [6.07, 6.45) is 3.65. The normalized spacial score (nSPS) is 27.2. The molecule has 17 heavy (non-hydrogen) atoms. The first kappa shape index (κ1) is 12.6. The summed E-state index contributed by atoms with van der Waals surface area (Å²) in [7, 11) is 0. The predicted octanol–water partition coefficient (Wildman–Crippen LogP) is 2.68. The summed E-state index contributed by atoms with van der Waals surface area (Å²) < 4.78 is 0. The minimum absolute atomic E-state index is 0.152. The fraction of sp³-hybridized carbons (Fsp3) is 0.600. The van der Waals surface area contributed by atoms with Gasteiger partial charge in [0.1, 0.15) is 0 Å². The van der Waals surface area contributed by atoms with E-state index in [0.717, 1.165) is 13.1 Å². The maximum absolute atomic E-state index is 5.99. The highest BCUT2D eigenvalue weighted by molar-refractivity contribution is 5.15. The van der Waals surface area contributed by atoms with E-state index in [4.69, 9.17) is 5.73 Å². The van der Waals surface area contributed by atoms with Crippen LogP contribution in [0, 0.1) is 5.41 Å². The summed E-state index contributed by atoms with van der Waals surface area (Å²) in [6.45, 7) is 6.35. The number of nitrogens with two attached hydrogens (primary N) is 1. The van der Waals surface area contributed by atoms with E-state index in [9.17, 15) is 0 Å². The summed E-state index contributed by atoms with van der Waals surface area (Å²) in [5, 5.41) is 3.69. The fourth-order valence-electron chi connectivity index (χ4n) is 2.95. The lowest BCUT2D eigenvalue weighted by Gasteiger charge is -2.31. The second-order valence-corrected chi connectivity index (χ2v) is 6.16. The van der Waals surface area contributed by atoms with E-state index in [2.05, 4.69) is 49.5 Å². The molecule has 0 spiro atoms. The van der Waals surface area contributed by atoms with Crippen molar-refractivity contribution in [1.82, 2.24) is 5.32 Å². The highest BCUT2D eigenvalue weighted by Gasteiger charge is 2.41. The third-order valence-electron chi connectivity index (χ3n) is 4.00. The molecule has 2 heteroatoms. The Morgan fingerprint density at radius 1 is 1.18 bits per heavy atom. The first-order valence-corrected chi connectivity index (χ1v) is 6.54. The molecule has 94 valence electrons. The first-order valence-electron chi connectivity index (χ1n) is 6.54. The van der Waals surface area contributed by atoms with Crippen LogP contribution in [0.25, 0.3) is 0 Å². The van der Waals surface area contributed by atoms with Crippen molar-refractivity contribution in [2.24, 2.45) is 11.1 Å². The maximum atomic E-state index is 5.99. The molecule has 0 amide bonds. The molecule has 2 rings (SSSR count). The minimum atomic E-state index is 0.152. The van der Waals surface area contributed by atoms with Crippen molar-refractivity contribution in [3.8, 4) is 0 Å². The molecule has 1 atom stereocenters. The van der Waals surface area contributed by atoms with Gasteiger partial charge in [0, 0.05) is 18.6 Å². The summed E-state index contributed by atoms with van der Waals surface area (Å²) in [5.41, 5.74) is 7.92. The number of rotatable bonds is 4. The predicted molar refractivity (Wildman–Crippen MR) is 72.7 cm³/mol. The van der Waals surface area contributed by atoms with Crippen molar-refractivity contribution in [3.63, 3.8) is 0 Å². The van der Waals surface area contributed by atoms with Crippen molar-refractivity contribution in [1.29, 1.82) is 0 Å². The SMILES string of the molecule is CC1(C)CCC(CN)(NCc2ccccc2)C1. The molecule has 0 heterocycles. The van der Waals surface area contributed by atoms with Gasteiger partial charge in [-0.15, -0.1) is 0 Å². The molecule has 0 bridgehead atoms. The Hall–Kier alpha value is -0.860. The van der Waals surface area contributed by atoms with E-state index in [0.29, 0.717) is 5.41 Å². The van der Waals surface area contributed by atoms with Gasteiger partial charge >= 0.3 is 0 Å². The highest BCUT2D eigenvalue weighted by atomic mass is 15.0. The van der Waals surface area contributed by atoms with Gasteiger partial charge in [-0.1, -0.05) is 44.2 Å². The molecule has 1 aromatic carbocycles. The highest BCUT2D eigenvalue weighted by Crippen LogP contribution is 2.43.